The van der Waals surface area contributed by atoms with Crippen LogP contribution in [0.1, 0.15) is 23.6 Å². The van der Waals surface area contributed by atoms with Gasteiger partial charge in [-0.1, -0.05) is 17.7 Å². The molecule has 1 aromatic rings. The van der Waals surface area contributed by atoms with Crippen molar-refractivity contribution in [3.05, 3.63) is 35.1 Å². The number of benzene rings is 1. The first kappa shape index (κ1) is 10.1. The van der Waals surface area contributed by atoms with E-state index in [1.54, 1.807) is 12.1 Å². The van der Waals surface area contributed by atoms with Gasteiger partial charge in [0.05, 0.1) is 6.67 Å². The van der Waals surface area contributed by atoms with E-state index in [4.69, 9.17) is 5.73 Å². The molecule has 0 heterocycles. The predicted molar refractivity (Wildman–Crippen MR) is 48.7 cm³/mol. The molecule has 0 aliphatic heterocycles. The molecule has 0 aliphatic carbocycles. The molecule has 1 aromatic carbocycles. The fourth-order valence-electron chi connectivity index (χ4n) is 1.22. The standard InChI is InChI=1S/C10H13F2N/c1-7-2-3-9(12)8(6-7)10(13)4-5-11/h2-3,6,10H,4-5,13H2,1H3/t10-/m1/s1. The maximum atomic E-state index is 13.1. The molecule has 2 N–H and O–H groups in total. The fraction of sp³-hybridized carbons (Fsp3) is 0.400. The van der Waals surface area contributed by atoms with E-state index in [0.717, 1.165) is 5.56 Å². The number of aryl methyl sites for hydroxylation is 1. The van der Waals surface area contributed by atoms with Crippen molar-refractivity contribution >= 4 is 0 Å². The van der Waals surface area contributed by atoms with Crippen molar-refractivity contribution in [1.29, 1.82) is 0 Å². The second-order valence-electron chi connectivity index (χ2n) is 3.11. The van der Waals surface area contributed by atoms with Gasteiger partial charge in [-0.05, 0) is 19.4 Å². The zero-order valence-corrected chi connectivity index (χ0v) is 7.56. The Labute approximate surface area is 76.6 Å². The van der Waals surface area contributed by atoms with E-state index in [-0.39, 0.29) is 12.2 Å². The third-order valence-electron chi connectivity index (χ3n) is 1.97. The van der Waals surface area contributed by atoms with Crippen molar-refractivity contribution in [2.24, 2.45) is 5.73 Å². The van der Waals surface area contributed by atoms with Gasteiger partial charge in [-0.25, -0.2) is 4.39 Å². The summed E-state index contributed by atoms with van der Waals surface area (Å²) in [5.41, 5.74) is 6.93. The Kier molecular flexibility index (Phi) is 3.37. The molecule has 13 heavy (non-hydrogen) atoms. The van der Waals surface area contributed by atoms with Crippen LogP contribution in [0, 0.1) is 12.7 Å². The second-order valence-corrected chi connectivity index (χ2v) is 3.11. The Bertz CT molecular complexity index is 286. The molecule has 0 saturated heterocycles. The number of nitrogens with two attached hydrogens (primary N) is 1. The number of rotatable bonds is 3. The Morgan fingerprint density at radius 2 is 2.15 bits per heavy atom. The summed E-state index contributed by atoms with van der Waals surface area (Å²) in [6, 6.07) is 4.16. The summed E-state index contributed by atoms with van der Waals surface area (Å²) >= 11 is 0. The Hall–Kier alpha value is -0.960. The summed E-state index contributed by atoms with van der Waals surface area (Å²) in [4.78, 5) is 0. The first-order chi connectivity index (χ1) is 6.15. The van der Waals surface area contributed by atoms with Crippen molar-refractivity contribution in [2.45, 2.75) is 19.4 Å². The van der Waals surface area contributed by atoms with Crippen LogP contribution >= 0.6 is 0 Å². The van der Waals surface area contributed by atoms with Gasteiger partial charge in [-0.15, -0.1) is 0 Å². The van der Waals surface area contributed by atoms with Gasteiger partial charge in [0, 0.05) is 11.6 Å². The van der Waals surface area contributed by atoms with Gasteiger partial charge in [0.2, 0.25) is 0 Å². The molecular weight excluding hydrogens is 172 g/mol. The van der Waals surface area contributed by atoms with Gasteiger partial charge in [0.15, 0.2) is 0 Å². The molecule has 0 unspecified atom stereocenters. The van der Waals surface area contributed by atoms with E-state index in [1.165, 1.54) is 6.07 Å². The van der Waals surface area contributed by atoms with Crippen LogP contribution in [0.4, 0.5) is 8.78 Å². The van der Waals surface area contributed by atoms with E-state index < -0.39 is 12.7 Å². The monoisotopic (exact) mass is 185 g/mol. The molecule has 1 atom stereocenters. The van der Waals surface area contributed by atoms with E-state index in [0.29, 0.717) is 5.56 Å². The summed E-state index contributed by atoms with van der Waals surface area (Å²) in [7, 11) is 0. The Morgan fingerprint density at radius 1 is 1.46 bits per heavy atom. The summed E-state index contributed by atoms with van der Waals surface area (Å²) < 4.78 is 25.1. The summed E-state index contributed by atoms with van der Waals surface area (Å²) in [5, 5.41) is 0. The molecule has 0 amide bonds. The summed E-state index contributed by atoms with van der Waals surface area (Å²) in [5.74, 6) is -0.355. The molecule has 1 nitrogen and oxygen atoms in total. The maximum absolute atomic E-state index is 13.1. The first-order valence-corrected chi connectivity index (χ1v) is 4.22. The lowest BCUT2D eigenvalue weighted by Crippen LogP contribution is -2.12. The Morgan fingerprint density at radius 3 is 2.77 bits per heavy atom. The molecule has 0 spiro atoms. The quantitative estimate of drug-likeness (QED) is 0.769. The van der Waals surface area contributed by atoms with Crippen LogP contribution in [0.5, 0.6) is 0 Å². The van der Waals surface area contributed by atoms with Gasteiger partial charge < -0.3 is 5.73 Å². The third kappa shape index (κ3) is 2.49. The lowest BCUT2D eigenvalue weighted by Gasteiger charge is -2.11. The lowest BCUT2D eigenvalue weighted by molar-refractivity contribution is 0.435. The summed E-state index contributed by atoms with van der Waals surface area (Å²) in [6.07, 6.45) is 0.167. The van der Waals surface area contributed by atoms with Crippen molar-refractivity contribution < 1.29 is 8.78 Å². The van der Waals surface area contributed by atoms with E-state index >= 15 is 0 Å². The van der Waals surface area contributed by atoms with Crippen molar-refractivity contribution in [3.8, 4) is 0 Å². The highest BCUT2D eigenvalue weighted by Crippen LogP contribution is 2.19. The normalized spacial score (nSPS) is 12.9. The molecule has 0 radical (unpaired) electrons. The molecule has 0 aromatic heterocycles. The zero-order valence-electron chi connectivity index (χ0n) is 7.56. The minimum absolute atomic E-state index is 0.167. The van der Waals surface area contributed by atoms with E-state index in [2.05, 4.69) is 0 Å². The number of alkyl halides is 1. The van der Waals surface area contributed by atoms with Crippen molar-refractivity contribution in [1.82, 2.24) is 0 Å². The number of hydrogen-bond donors (Lipinski definition) is 1. The molecule has 0 aliphatic rings. The zero-order chi connectivity index (χ0) is 9.84. The first-order valence-electron chi connectivity index (χ1n) is 4.22. The topological polar surface area (TPSA) is 26.0 Å². The van der Waals surface area contributed by atoms with Crippen LogP contribution in [0.3, 0.4) is 0 Å². The van der Waals surface area contributed by atoms with Gasteiger partial charge in [-0.2, -0.15) is 0 Å². The van der Waals surface area contributed by atoms with Crippen molar-refractivity contribution in [2.75, 3.05) is 6.67 Å². The van der Waals surface area contributed by atoms with E-state index in [9.17, 15) is 8.78 Å². The molecule has 0 saturated carbocycles. The van der Waals surface area contributed by atoms with Gasteiger partial charge in [0.25, 0.3) is 0 Å². The largest absolute Gasteiger partial charge is 0.324 e. The Balaban J connectivity index is 2.91. The third-order valence-corrected chi connectivity index (χ3v) is 1.97. The van der Waals surface area contributed by atoms with Crippen LogP contribution < -0.4 is 5.73 Å². The molecular formula is C10H13F2N. The SMILES string of the molecule is Cc1ccc(F)c([C@H](N)CCF)c1. The van der Waals surface area contributed by atoms with Crippen LogP contribution in [-0.2, 0) is 0 Å². The van der Waals surface area contributed by atoms with Crippen LogP contribution in [0.15, 0.2) is 18.2 Å². The maximum Gasteiger partial charge on any atom is 0.127 e. The smallest absolute Gasteiger partial charge is 0.127 e. The fourth-order valence-corrected chi connectivity index (χ4v) is 1.22. The van der Waals surface area contributed by atoms with Gasteiger partial charge in [-0.3, -0.25) is 4.39 Å². The molecule has 1 rings (SSSR count). The highest BCUT2D eigenvalue weighted by Gasteiger charge is 2.10. The number of halogens is 2. The predicted octanol–water partition coefficient (Wildman–Crippen LogP) is 2.49. The average molecular weight is 185 g/mol. The van der Waals surface area contributed by atoms with Crippen LogP contribution in [0.25, 0.3) is 0 Å². The van der Waals surface area contributed by atoms with Crippen LogP contribution in [-0.4, -0.2) is 6.67 Å². The molecule has 72 valence electrons. The molecule has 3 heteroatoms. The van der Waals surface area contributed by atoms with Crippen molar-refractivity contribution in [3.63, 3.8) is 0 Å². The average Bonchev–Trinajstić information content (AvgIpc) is 2.09. The van der Waals surface area contributed by atoms with Gasteiger partial charge >= 0.3 is 0 Å². The van der Waals surface area contributed by atoms with Gasteiger partial charge in [0.1, 0.15) is 5.82 Å². The lowest BCUT2D eigenvalue weighted by atomic mass is 10.0. The highest BCUT2D eigenvalue weighted by atomic mass is 19.1. The number of hydrogen-bond acceptors (Lipinski definition) is 1. The highest BCUT2D eigenvalue weighted by molar-refractivity contribution is 5.26. The molecule has 0 fully saturated rings. The summed E-state index contributed by atoms with van der Waals surface area (Å²) in [6.45, 7) is 1.33. The molecule has 0 bridgehead atoms. The van der Waals surface area contributed by atoms with E-state index in [1.807, 2.05) is 6.92 Å². The van der Waals surface area contributed by atoms with Crippen LogP contribution in [0.2, 0.25) is 0 Å². The minimum Gasteiger partial charge on any atom is -0.324 e. The minimum atomic E-state index is -0.537. The second kappa shape index (κ2) is 4.33.